The number of amides is 2. The molecule has 1 atom stereocenters. The number of para-hydroxylation sites is 1. The van der Waals surface area contributed by atoms with Gasteiger partial charge in [0.2, 0.25) is 21.8 Å². The second-order valence-corrected chi connectivity index (χ2v) is 12.0. The fourth-order valence-electron chi connectivity index (χ4n) is 4.68. The summed E-state index contributed by atoms with van der Waals surface area (Å²) in [6.07, 6.45) is 3.78. The second-order valence-electron chi connectivity index (χ2n) is 10.1. The lowest BCUT2D eigenvalue weighted by Crippen LogP contribution is -2.53. The fourth-order valence-corrected chi connectivity index (χ4v) is 5.56. The molecule has 0 bridgehead atoms. The van der Waals surface area contributed by atoms with Crippen LogP contribution in [0.2, 0.25) is 0 Å². The van der Waals surface area contributed by atoms with Gasteiger partial charge in [-0.05, 0) is 48.1 Å². The number of benzene rings is 3. The molecule has 214 valence electrons. The van der Waals surface area contributed by atoms with Gasteiger partial charge < -0.3 is 10.2 Å². The number of nitrogens with zero attached hydrogens (tertiary/aromatic N) is 2. The van der Waals surface area contributed by atoms with Gasteiger partial charge >= 0.3 is 0 Å². The third-order valence-corrected chi connectivity index (χ3v) is 8.15. The van der Waals surface area contributed by atoms with E-state index in [2.05, 4.69) is 12.2 Å². The molecule has 3 aromatic rings. The lowest BCUT2D eigenvalue weighted by Gasteiger charge is -2.34. The Balaban J connectivity index is 2.06. The van der Waals surface area contributed by atoms with Crippen LogP contribution < -0.4 is 9.62 Å². The van der Waals surface area contributed by atoms with Crippen molar-refractivity contribution in [2.45, 2.75) is 59.0 Å². The van der Waals surface area contributed by atoms with Gasteiger partial charge in [-0.25, -0.2) is 8.42 Å². The van der Waals surface area contributed by atoms with E-state index in [1.165, 1.54) is 0 Å². The van der Waals surface area contributed by atoms with Crippen LogP contribution in [-0.2, 0) is 39.0 Å². The number of sulfonamides is 1. The summed E-state index contributed by atoms with van der Waals surface area (Å²) in [7, 11) is -3.80. The number of hydrogen-bond acceptors (Lipinski definition) is 4. The lowest BCUT2D eigenvalue weighted by molar-refractivity contribution is -0.140. The number of carbonyl (C=O) groups is 2. The minimum Gasteiger partial charge on any atom is -0.354 e. The number of hydrogen-bond donors (Lipinski definition) is 1. The maximum Gasteiger partial charge on any atom is 0.244 e. The van der Waals surface area contributed by atoms with Gasteiger partial charge in [0.05, 0.1) is 11.9 Å². The van der Waals surface area contributed by atoms with Crippen LogP contribution in [0.3, 0.4) is 0 Å². The summed E-state index contributed by atoms with van der Waals surface area (Å²) < 4.78 is 27.2. The Morgan fingerprint density at radius 3 is 2.12 bits per heavy atom. The number of aryl methyl sites for hydroxylation is 2. The van der Waals surface area contributed by atoms with Crippen molar-refractivity contribution in [2.75, 3.05) is 23.7 Å². The first-order valence-electron chi connectivity index (χ1n) is 13.9. The largest absolute Gasteiger partial charge is 0.354 e. The van der Waals surface area contributed by atoms with Crippen LogP contribution in [0.15, 0.2) is 78.9 Å². The first-order valence-corrected chi connectivity index (χ1v) is 15.7. The van der Waals surface area contributed by atoms with E-state index in [-0.39, 0.29) is 12.5 Å². The first-order chi connectivity index (χ1) is 19.2. The fraction of sp³-hybridized carbons (Fsp3) is 0.375. The third kappa shape index (κ3) is 8.42. The predicted octanol–water partition coefficient (Wildman–Crippen LogP) is 4.88. The summed E-state index contributed by atoms with van der Waals surface area (Å²) >= 11 is 0. The molecule has 3 aromatic carbocycles. The van der Waals surface area contributed by atoms with Crippen LogP contribution in [0.25, 0.3) is 0 Å². The Morgan fingerprint density at radius 1 is 0.875 bits per heavy atom. The number of unbranched alkanes of at least 4 members (excludes halogenated alkanes) is 1. The molecular formula is C32H41N3O4S. The molecule has 0 spiro atoms. The maximum atomic E-state index is 14.2. The van der Waals surface area contributed by atoms with E-state index in [4.69, 9.17) is 0 Å². The molecule has 0 heterocycles. The van der Waals surface area contributed by atoms with E-state index in [0.717, 1.165) is 45.7 Å². The van der Waals surface area contributed by atoms with Crippen molar-refractivity contribution in [3.8, 4) is 0 Å². The third-order valence-electron chi connectivity index (χ3n) is 7.02. The predicted molar refractivity (Wildman–Crippen MR) is 162 cm³/mol. The molecule has 1 N–H and O–H groups in total. The molecule has 1 unspecified atom stereocenters. The molecule has 0 aliphatic carbocycles. The molecule has 8 heteroatoms. The zero-order valence-electron chi connectivity index (χ0n) is 24.0. The van der Waals surface area contributed by atoms with Crippen LogP contribution in [0, 0.1) is 6.92 Å². The lowest BCUT2D eigenvalue weighted by atomic mass is 10.0. The van der Waals surface area contributed by atoms with Crippen molar-refractivity contribution < 1.29 is 18.0 Å². The van der Waals surface area contributed by atoms with Gasteiger partial charge in [0.25, 0.3) is 0 Å². The van der Waals surface area contributed by atoms with Crippen molar-refractivity contribution >= 4 is 27.5 Å². The molecule has 7 nitrogen and oxygen atoms in total. The quantitative estimate of drug-likeness (QED) is 0.283. The SMILES string of the molecule is CCCCNC(=O)C(Cc1ccccc1)N(Cc1ccccc1C)C(=O)CN(c1ccccc1CC)S(C)(=O)=O. The summed E-state index contributed by atoms with van der Waals surface area (Å²) in [5.41, 5.74) is 4.10. The monoisotopic (exact) mass is 563 g/mol. The van der Waals surface area contributed by atoms with Crippen LogP contribution in [-0.4, -0.2) is 50.5 Å². The van der Waals surface area contributed by atoms with E-state index >= 15 is 0 Å². The molecule has 40 heavy (non-hydrogen) atoms. The van der Waals surface area contributed by atoms with E-state index in [1.807, 2.05) is 80.6 Å². The zero-order chi connectivity index (χ0) is 29.1. The molecule has 0 aromatic heterocycles. The average Bonchev–Trinajstić information content (AvgIpc) is 2.94. The molecule has 3 rings (SSSR count). The van der Waals surface area contributed by atoms with Crippen LogP contribution in [0.1, 0.15) is 48.9 Å². The van der Waals surface area contributed by atoms with E-state index in [1.54, 1.807) is 17.0 Å². The number of anilines is 1. The highest BCUT2D eigenvalue weighted by Gasteiger charge is 2.33. The highest BCUT2D eigenvalue weighted by molar-refractivity contribution is 7.92. The van der Waals surface area contributed by atoms with Crippen LogP contribution in [0.5, 0.6) is 0 Å². The zero-order valence-corrected chi connectivity index (χ0v) is 24.8. The summed E-state index contributed by atoms with van der Waals surface area (Å²) in [6, 6.07) is 23.7. The molecule has 0 aliphatic heterocycles. The van der Waals surface area contributed by atoms with E-state index in [9.17, 15) is 18.0 Å². The smallest absolute Gasteiger partial charge is 0.244 e. The first kappa shape index (κ1) is 30.9. The van der Waals surface area contributed by atoms with Crippen LogP contribution >= 0.6 is 0 Å². The normalized spacial score (nSPS) is 12.0. The summed E-state index contributed by atoms with van der Waals surface area (Å²) in [5, 5.41) is 3.01. The topological polar surface area (TPSA) is 86.8 Å². The minimum absolute atomic E-state index is 0.178. The van der Waals surface area contributed by atoms with Gasteiger partial charge in [-0.2, -0.15) is 0 Å². The Kier molecular flexibility index (Phi) is 11.3. The minimum atomic E-state index is -3.80. The highest BCUT2D eigenvalue weighted by Crippen LogP contribution is 2.25. The summed E-state index contributed by atoms with van der Waals surface area (Å²) in [5.74, 6) is -0.690. The molecular weight excluding hydrogens is 522 g/mol. The Bertz CT molecular complexity index is 1380. The Labute approximate surface area is 239 Å². The highest BCUT2D eigenvalue weighted by atomic mass is 32.2. The van der Waals surface area contributed by atoms with E-state index < -0.39 is 28.5 Å². The molecule has 0 saturated carbocycles. The van der Waals surface area contributed by atoms with E-state index in [0.29, 0.717) is 25.1 Å². The van der Waals surface area contributed by atoms with Gasteiger partial charge in [-0.15, -0.1) is 0 Å². The number of rotatable bonds is 14. The van der Waals surface area contributed by atoms with Crippen molar-refractivity contribution in [1.82, 2.24) is 10.2 Å². The van der Waals surface area contributed by atoms with Gasteiger partial charge in [-0.3, -0.25) is 13.9 Å². The Hall–Kier alpha value is -3.65. The molecule has 0 aliphatic rings. The van der Waals surface area contributed by atoms with Crippen molar-refractivity contribution in [3.05, 3.63) is 101 Å². The van der Waals surface area contributed by atoms with Crippen molar-refractivity contribution in [1.29, 1.82) is 0 Å². The van der Waals surface area contributed by atoms with Gasteiger partial charge in [0, 0.05) is 19.5 Å². The number of carbonyl (C=O) groups excluding carboxylic acids is 2. The van der Waals surface area contributed by atoms with Crippen molar-refractivity contribution in [2.24, 2.45) is 0 Å². The van der Waals surface area contributed by atoms with Gasteiger partial charge in [-0.1, -0.05) is 93.1 Å². The molecule has 0 saturated heterocycles. The standard InChI is InChI=1S/C32H41N3O4S/c1-5-7-21-33-32(37)30(22-26-16-9-8-10-17-26)34(23-28-19-12-11-15-25(28)3)31(36)24-35(40(4,38)39)29-20-14-13-18-27(29)6-2/h8-20,30H,5-7,21-24H2,1-4H3,(H,33,37). The van der Waals surface area contributed by atoms with Crippen molar-refractivity contribution in [3.63, 3.8) is 0 Å². The average molecular weight is 564 g/mol. The maximum absolute atomic E-state index is 14.2. The van der Waals surface area contributed by atoms with Gasteiger partial charge in [0.15, 0.2) is 0 Å². The second kappa shape index (κ2) is 14.7. The Morgan fingerprint density at radius 2 is 1.50 bits per heavy atom. The molecule has 0 radical (unpaired) electrons. The van der Waals surface area contributed by atoms with Crippen LogP contribution in [0.4, 0.5) is 5.69 Å². The summed E-state index contributed by atoms with van der Waals surface area (Å²) in [6.45, 7) is 6.24. The molecule has 0 fully saturated rings. The summed E-state index contributed by atoms with van der Waals surface area (Å²) in [4.78, 5) is 29.4. The van der Waals surface area contributed by atoms with Gasteiger partial charge in [0.1, 0.15) is 12.6 Å². The molecule has 2 amide bonds. The number of nitrogens with one attached hydrogen (secondary N) is 1.